The zero-order valence-corrected chi connectivity index (χ0v) is 7.85. The van der Waals surface area contributed by atoms with Gasteiger partial charge in [-0.05, 0) is 34.7 Å². The fourth-order valence-corrected chi connectivity index (χ4v) is 1.24. The Bertz CT molecular complexity index is 290. The first-order chi connectivity index (χ1) is 4.75. The van der Waals surface area contributed by atoms with Crippen LogP contribution in [0.25, 0.3) is 0 Å². The molecule has 0 N–H and O–H groups in total. The average molecular weight is 263 g/mol. The third-order valence-corrected chi connectivity index (χ3v) is 2.87. The molecule has 1 rings (SSSR count). The van der Waals surface area contributed by atoms with E-state index in [4.69, 9.17) is 16.9 Å². The van der Waals surface area contributed by atoms with Crippen molar-refractivity contribution < 1.29 is 0 Å². The Labute approximate surface area is 77.8 Å². The number of nitriles is 1. The van der Waals surface area contributed by atoms with Gasteiger partial charge >= 0.3 is 0 Å². The van der Waals surface area contributed by atoms with Crippen molar-refractivity contribution in [2.24, 2.45) is 0 Å². The van der Waals surface area contributed by atoms with Gasteiger partial charge in [-0.25, -0.2) is 0 Å². The average Bonchev–Trinajstić information content (AvgIpc) is 1.95. The maximum atomic E-state index is 8.53. The minimum absolute atomic E-state index is 0.633. The van der Waals surface area contributed by atoms with E-state index >= 15 is 0 Å². The van der Waals surface area contributed by atoms with Gasteiger partial charge in [-0.1, -0.05) is 17.7 Å². The summed E-state index contributed by atoms with van der Waals surface area (Å²) >= 11 is 7.78. The third kappa shape index (κ3) is 1.41. The van der Waals surface area contributed by atoms with Crippen LogP contribution in [0.5, 0.6) is 0 Å². The monoisotopic (exact) mass is 263 g/mol. The minimum Gasteiger partial charge on any atom is -0.192 e. The van der Waals surface area contributed by atoms with Gasteiger partial charge in [0.05, 0.1) is 10.6 Å². The molecule has 10 heavy (non-hydrogen) atoms. The summed E-state index contributed by atoms with van der Waals surface area (Å²) in [6.45, 7) is 0. The predicted octanol–water partition coefficient (Wildman–Crippen LogP) is 2.82. The molecular weight excluding hydrogens is 260 g/mol. The molecule has 0 aliphatic heterocycles. The molecular formula is C7H3ClIN. The molecule has 50 valence electrons. The van der Waals surface area contributed by atoms with Crippen molar-refractivity contribution >= 4 is 34.2 Å². The number of nitrogens with zero attached hydrogens (tertiary/aromatic N) is 1. The number of halogens is 2. The van der Waals surface area contributed by atoms with Crippen LogP contribution in [0.1, 0.15) is 5.56 Å². The molecule has 0 saturated carbocycles. The molecule has 1 nitrogen and oxygen atoms in total. The van der Waals surface area contributed by atoms with E-state index in [0.29, 0.717) is 10.6 Å². The zero-order chi connectivity index (χ0) is 7.56. The van der Waals surface area contributed by atoms with Crippen LogP contribution in [0.3, 0.4) is 0 Å². The van der Waals surface area contributed by atoms with Crippen molar-refractivity contribution in [1.29, 1.82) is 5.26 Å². The summed E-state index contributed by atoms with van der Waals surface area (Å²) in [4.78, 5) is 0. The second-order valence-electron chi connectivity index (χ2n) is 1.71. The standard InChI is InChI=1S/C7H3ClIN/c8-6-3-1-2-5(4-10)7(6)9/h1-3H. The molecule has 1 aromatic carbocycles. The molecule has 1 aromatic rings. The fraction of sp³-hybridized carbons (Fsp3) is 0. The Balaban J connectivity index is 3.31. The SMILES string of the molecule is N#Cc1cccc(Cl)c1I. The van der Waals surface area contributed by atoms with Crippen LogP contribution in [-0.2, 0) is 0 Å². The molecule has 0 aliphatic carbocycles. The van der Waals surface area contributed by atoms with E-state index in [9.17, 15) is 0 Å². The summed E-state index contributed by atoms with van der Waals surface area (Å²) in [5, 5.41) is 9.17. The Morgan fingerprint density at radius 1 is 1.50 bits per heavy atom. The molecule has 0 aliphatic rings. The highest BCUT2D eigenvalue weighted by Crippen LogP contribution is 2.20. The first kappa shape index (κ1) is 7.83. The molecule has 0 fully saturated rings. The number of hydrogen-bond donors (Lipinski definition) is 0. The van der Waals surface area contributed by atoms with Crippen LogP contribution in [0.4, 0.5) is 0 Å². The molecule has 0 amide bonds. The molecule has 0 radical (unpaired) electrons. The number of benzene rings is 1. The zero-order valence-electron chi connectivity index (χ0n) is 4.94. The second kappa shape index (κ2) is 3.22. The van der Waals surface area contributed by atoms with E-state index in [1.807, 2.05) is 6.07 Å². The first-order valence-corrected chi connectivity index (χ1v) is 4.05. The van der Waals surface area contributed by atoms with E-state index in [1.54, 1.807) is 18.2 Å². The molecule has 0 bridgehead atoms. The van der Waals surface area contributed by atoms with Crippen molar-refractivity contribution in [3.8, 4) is 6.07 Å². The lowest BCUT2D eigenvalue weighted by atomic mass is 10.2. The fourth-order valence-electron chi connectivity index (χ4n) is 0.590. The Hall–Kier alpha value is -0.270. The highest BCUT2D eigenvalue weighted by Gasteiger charge is 2.00. The van der Waals surface area contributed by atoms with Gasteiger partial charge in [0.1, 0.15) is 6.07 Å². The highest BCUT2D eigenvalue weighted by molar-refractivity contribution is 14.1. The molecule has 0 saturated heterocycles. The van der Waals surface area contributed by atoms with Crippen LogP contribution in [0.2, 0.25) is 5.02 Å². The largest absolute Gasteiger partial charge is 0.192 e. The summed E-state index contributed by atoms with van der Waals surface area (Å²) in [6, 6.07) is 7.32. The van der Waals surface area contributed by atoms with Gasteiger partial charge in [0.25, 0.3) is 0 Å². The Kier molecular flexibility index (Phi) is 2.52. The smallest absolute Gasteiger partial charge is 0.100 e. The third-order valence-electron chi connectivity index (χ3n) is 1.07. The van der Waals surface area contributed by atoms with Crippen molar-refractivity contribution in [2.45, 2.75) is 0 Å². The van der Waals surface area contributed by atoms with Gasteiger partial charge in [0, 0.05) is 3.57 Å². The maximum Gasteiger partial charge on any atom is 0.100 e. The van der Waals surface area contributed by atoms with Crippen molar-refractivity contribution in [3.05, 3.63) is 32.4 Å². The summed E-state index contributed by atoms with van der Waals surface area (Å²) in [6.07, 6.45) is 0. The lowest BCUT2D eigenvalue weighted by molar-refractivity contribution is 1.46. The van der Waals surface area contributed by atoms with Gasteiger partial charge in [0.2, 0.25) is 0 Å². The van der Waals surface area contributed by atoms with E-state index < -0.39 is 0 Å². The quantitative estimate of drug-likeness (QED) is 0.660. The second-order valence-corrected chi connectivity index (χ2v) is 3.20. The van der Waals surface area contributed by atoms with Gasteiger partial charge in [0.15, 0.2) is 0 Å². The van der Waals surface area contributed by atoms with Gasteiger partial charge in [-0.3, -0.25) is 0 Å². The summed E-state index contributed by atoms with van der Waals surface area (Å²) in [7, 11) is 0. The van der Waals surface area contributed by atoms with E-state index in [1.165, 1.54) is 0 Å². The van der Waals surface area contributed by atoms with Crippen LogP contribution in [0.15, 0.2) is 18.2 Å². The summed E-state index contributed by atoms with van der Waals surface area (Å²) in [5.41, 5.74) is 0.633. The predicted molar refractivity (Wildman–Crippen MR) is 48.9 cm³/mol. The molecule has 0 atom stereocenters. The van der Waals surface area contributed by atoms with E-state index in [-0.39, 0.29) is 0 Å². The lowest BCUT2D eigenvalue weighted by Gasteiger charge is -1.94. The topological polar surface area (TPSA) is 23.8 Å². The van der Waals surface area contributed by atoms with E-state index in [2.05, 4.69) is 22.6 Å². The van der Waals surface area contributed by atoms with Crippen molar-refractivity contribution in [1.82, 2.24) is 0 Å². The Morgan fingerprint density at radius 3 is 2.70 bits per heavy atom. The normalized spacial score (nSPS) is 8.90. The lowest BCUT2D eigenvalue weighted by Crippen LogP contribution is -1.80. The van der Waals surface area contributed by atoms with Crippen LogP contribution < -0.4 is 0 Å². The minimum atomic E-state index is 0.633. The molecule has 0 unspecified atom stereocenters. The summed E-state index contributed by atoms with van der Waals surface area (Å²) < 4.78 is 0.823. The first-order valence-electron chi connectivity index (χ1n) is 2.60. The molecule has 3 heteroatoms. The highest BCUT2D eigenvalue weighted by atomic mass is 127. The molecule has 0 aromatic heterocycles. The number of hydrogen-bond acceptors (Lipinski definition) is 1. The van der Waals surface area contributed by atoms with E-state index in [0.717, 1.165) is 3.57 Å². The van der Waals surface area contributed by atoms with Crippen molar-refractivity contribution in [3.63, 3.8) is 0 Å². The molecule has 0 heterocycles. The van der Waals surface area contributed by atoms with Gasteiger partial charge in [-0.2, -0.15) is 5.26 Å². The van der Waals surface area contributed by atoms with Crippen LogP contribution >= 0.6 is 34.2 Å². The maximum absolute atomic E-state index is 8.53. The summed E-state index contributed by atoms with van der Waals surface area (Å²) in [5.74, 6) is 0. The molecule has 0 spiro atoms. The van der Waals surface area contributed by atoms with Gasteiger partial charge < -0.3 is 0 Å². The van der Waals surface area contributed by atoms with Crippen LogP contribution in [-0.4, -0.2) is 0 Å². The number of rotatable bonds is 0. The van der Waals surface area contributed by atoms with Crippen LogP contribution in [0, 0.1) is 14.9 Å². The Morgan fingerprint density at radius 2 is 2.20 bits per heavy atom. The van der Waals surface area contributed by atoms with Crippen molar-refractivity contribution in [2.75, 3.05) is 0 Å². The van der Waals surface area contributed by atoms with Gasteiger partial charge in [-0.15, -0.1) is 0 Å².